The van der Waals surface area contributed by atoms with Crippen LogP contribution in [-0.2, 0) is 4.79 Å². The van der Waals surface area contributed by atoms with E-state index in [1.807, 2.05) is 16.8 Å². The fraction of sp³-hybridized carbons (Fsp3) is 0.348. The van der Waals surface area contributed by atoms with Crippen LogP contribution in [-0.4, -0.2) is 33.6 Å². The molecule has 154 valence electrons. The normalized spacial score (nSPS) is 20.5. The maximum atomic E-state index is 13.3. The van der Waals surface area contributed by atoms with Crippen LogP contribution in [0, 0.1) is 0 Å². The van der Waals surface area contributed by atoms with Crippen molar-refractivity contribution in [1.29, 1.82) is 0 Å². The summed E-state index contributed by atoms with van der Waals surface area (Å²) in [7, 11) is 0. The van der Waals surface area contributed by atoms with Crippen LogP contribution in [0.25, 0.3) is 0 Å². The zero-order chi connectivity index (χ0) is 20.7. The molecule has 0 bridgehead atoms. The number of benzene rings is 1. The Morgan fingerprint density at radius 1 is 1.17 bits per heavy atom. The predicted octanol–water partition coefficient (Wildman–Crippen LogP) is 4.13. The van der Waals surface area contributed by atoms with E-state index in [1.54, 1.807) is 6.26 Å². The largest absolute Gasteiger partial charge is 0.469 e. The Hall–Kier alpha value is -3.35. The third-order valence-electron chi connectivity index (χ3n) is 6.14. The number of nitrogens with zero attached hydrogens (tertiary/aromatic N) is 4. The third kappa shape index (κ3) is 3.01. The average molecular weight is 403 g/mol. The molecule has 0 radical (unpaired) electrons. The van der Waals surface area contributed by atoms with Gasteiger partial charge in [0.25, 0.3) is 0 Å². The second-order valence-corrected chi connectivity index (χ2v) is 7.76. The van der Waals surface area contributed by atoms with Crippen LogP contribution in [0.15, 0.2) is 64.7 Å². The predicted molar refractivity (Wildman–Crippen MR) is 115 cm³/mol. The fourth-order valence-corrected chi connectivity index (χ4v) is 4.64. The van der Waals surface area contributed by atoms with Crippen molar-refractivity contribution < 1.29 is 9.21 Å². The number of fused-ring (bicyclic) bond motifs is 1. The lowest BCUT2D eigenvalue weighted by Gasteiger charge is -2.34. The molecule has 0 amide bonds. The van der Waals surface area contributed by atoms with E-state index in [0.717, 1.165) is 42.1 Å². The molecule has 0 saturated carbocycles. The van der Waals surface area contributed by atoms with E-state index >= 15 is 0 Å². The fourth-order valence-electron chi connectivity index (χ4n) is 4.64. The molecule has 0 saturated heterocycles. The molecule has 2 aromatic heterocycles. The van der Waals surface area contributed by atoms with E-state index in [1.165, 1.54) is 12.0 Å². The number of carbonyl (C=O) groups excluding carboxylic acids is 1. The zero-order valence-corrected chi connectivity index (χ0v) is 17.2. The van der Waals surface area contributed by atoms with E-state index < -0.39 is 0 Å². The van der Waals surface area contributed by atoms with Crippen molar-refractivity contribution in [1.82, 2.24) is 14.8 Å². The number of rotatable bonds is 5. The van der Waals surface area contributed by atoms with Crippen molar-refractivity contribution in [2.45, 2.75) is 38.6 Å². The molecule has 7 heteroatoms. The van der Waals surface area contributed by atoms with Crippen molar-refractivity contribution in [3.63, 3.8) is 0 Å². The summed E-state index contributed by atoms with van der Waals surface area (Å²) in [4.78, 5) is 20.0. The quantitative estimate of drug-likeness (QED) is 0.690. The number of ketones is 1. The molecule has 1 aliphatic carbocycles. The van der Waals surface area contributed by atoms with Gasteiger partial charge in [-0.05, 0) is 50.1 Å². The molecule has 0 fully saturated rings. The molecule has 1 N–H and O–H groups in total. The van der Waals surface area contributed by atoms with Gasteiger partial charge in [0.05, 0.1) is 6.26 Å². The summed E-state index contributed by atoms with van der Waals surface area (Å²) in [5.74, 6) is 1.69. The van der Waals surface area contributed by atoms with E-state index in [4.69, 9.17) is 4.42 Å². The molecule has 0 spiro atoms. The molecular weight excluding hydrogens is 378 g/mol. The number of anilines is 2. The Morgan fingerprint density at radius 3 is 2.67 bits per heavy atom. The lowest BCUT2D eigenvalue weighted by molar-refractivity contribution is -0.117. The van der Waals surface area contributed by atoms with E-state index in [2.05, 4.69) is 58.4 Å². The first kappa shape index (κ1) is 18.7. The summed E-state index contributed by atoms with van der Waals surface area (Å²) in [6.07, 6.45) is 4.35. The number of furan rings is 1. The molecule has 0 unspecified atom stereocenters. The number of aromatic nitrogens is 3. The second kappa shape index (κ2) is 7.48. The van der Waals surface area contributed by atoms with Crippen LogP contribution in [0.1, 0.15) is 50.0 Å². The zero-order valence-electron chi connectivity index (χ0n) is 17.2. The van der Waals surface area contributed by atoms with Crippen molar-refractivity contribution in [2.75, 3.05) is 23.3 Å². The van der Waals surface area contributed by atoms with Gasteiger partial charge in [0.15, 0.2) is 5.78 Å². The first-order chi connectivity index (χ1) is 14.7. The van der Waals surface area contributed by atoms with Crippen molar-refractivity contribution in [3.05, 3.63) is 71.6 Å². The van der Waals surface area contributed by atoms with Crippen LogP contribution < -0.4 is 10.2 Å². The maximum Gasteiger partial charge on any atom is 0.226 e. The Kier molecular flexibility index (Phi) is 4.65. The number of Topliss-reactive ketones (excluding diaryl/α,β-unsaturated/α-hetero) is 1. The average Bonchev–Trinajstić information content (AvgIpc) is 3.46. The van der Waals surface area contributed by atoms with Crippen LogP contribution >= 0.6 is 0 Å². The SMILES string of the molecule is CCN(CC)c1ccc([C@@H]2C3=C(C[C@@H](c4ccco4)CC3=O)Nc3ncnn32)cc1. The Morgan fingerprint density at radius 2 is 1.97 bits per heavy atom. The van der Waals surface area contributed by atoms with Gasteiger partial charge in [0.2, 0.25) is 5.95 Å². The van der Waals surface area contributed by atoms with E-state index in [0.29, 0.717) is 12.4 Å². The summed E-state index contributed by atoms with van der Waals surface area (Å²) < 4.78 is 7.40. The second-order valence-electron chi connectivity index (χ2n) is 7.76. The summed E-state index contributed by atoms with van der Waals surface area (Å²) in [5.41, 5.74) is 3.92. The molecule has 2 atom stereocenters. The van der Waals surface area contributed by atoms with Gasteiger partial charge in [-0.15, -0.1) is 0 Å². The van der Waals surface area contributed by atoms with Crippen LogP contribution in [0.3, 0.4) is 0 Å². The number of hydrogen-bond acceptors (Lipinski definition) is 6. The summed E-state index contributed by atoms with van der Waals surface area (Å²) >= 11 is 0. The molecular formula is C23H25N5O2. The standard InChI is InChI=1S/C23H25N5O2/c1-3-27(4-2)17-9-7-15(8-10-17)22-21-18(26-23-24-14-25-28(22)23)12-16(13-19(21)29)20-6-5-11-30-20/h5-11,14,16,22H,3-4,12-13H2,1-2H3,(H,24,25,26)/t16-,22-/m1/s1. The van der Waals surface area contributed by atoms with E-state index in [-0.39, 0.29) is 17.7 Å². The molecule has 3 aromatic rings. The highest BCUT2D eigenvalue weighted by molar-refractivity contribution is 6.00. The molecule has 3 heterocycles. The Balaban J connectivity index is 1.55. The van der Waals surface area contributed by atoms with Crippen LogP contribution in [0.2, 0.25) is 0 Å². The first-order valence-electron chi connectivity index (χ1n) is 10.5. The lowest BCUT2D eigenvalue weighted by atomic mass is 9.79. The molecule has 30 heavy (non-hydrogen) atoms. The highest BCUT2D eigenvalue weighted by atomic mass is 16.3. The van der Waals surface area contributed by atoms with Crippen molar-refractivity contribution >= 4 is 17.4 Å². The van der Waals surface area contributed by atoms with Gasteiger partial charge < -0.3 is 14.6 Å². The minimum Gasteiger partial charge on any atom is -0.469 e. The Bertz CT molecular complexity index is 1080. The number of hydrogen-bond donors (Lipinski definition) is 1. The van der Waals surface area contributed by atoms with Crippen molar-refractivity contribution in [3.8, 4) is 0 Å². The Labute approximate surface area is 175 Å². The summed E-state index contributed by atoms with van der Waals surface area (Å²) in [6, 6.07) is 12.0. The van der Waals surface area contributed by atoms with Gasteiger partial charge in [-0.3, -0.25) is 4.79 Å². The van der Waals surface area contributed by atoms with Gasteiger partial charge in [-0.2, -0.15) is 10.1 Å². The summed E-state index contributed by atoms with van der Waals surface area (Å²) in [5, 5.41) is 7.77. The highest BCUT2D eigenvalue weighted by Gasteiger charge is 2.39. The van der Waals surface area contributed by atoms with Crippen molar-refractivity contribution in [2.24, 2.45) is 0 Å². The van der Waals surface area contributed by atoms with Gasteiger partial charge in [0.1, 0.15) is 18.1 Å². The highest BCUT2D eigenvalue weighted by Crippen LogP contribution is 2.44. The number of carbonyl (C=O) groups is 1. The van der Waals surface area contributed by atoms with Gasteiger partial charge in [-0.1, -0.05) is 12.1 Å². The maximum absolute atomic E-state index is 13.3. The van der Waals surface area contributed by atoms with Crippen LogP contribution in [0.5, 0.6) is 0 Å². The monoisotopic (exact) mass is 403 g/mol. The smallest absolute Gasteiger partial charge is 0.226 e. The topological polar surface area (TPSA) is 76.2 Å². The number of nitrogens with one attached hydrogen (secondary N) is 1. The van der Waals surface area contributed by atoms with E-state index in [9.17, 15) is 4.79 Å². The third-order valence-corrected chi connectivity index (χ3v) is 6.14. The molecule has 7 nitrogen and oxygen atoms in total. The van der Waals surface area contributed by atoms with Gasteiger partial charge in [0, 0.05) is 42.4 Å². The minimum absolute atomic E-state index is 0.0407. The first-order valence-corrected chi connectivity index (χ1v) is 10.5. The minimum atomic E-state index is -0.269. The summed E-state index contributed by atoms with van der Waals surface area (Å²) in [6.45, 7) is 6.22. The van der Waals surface area contributed by atoms with Crippen LogP contribution in [0.4, 0.5) is 11.6 Å². The van der Waals surface area contributed by atoms with Gasteiger partial charge >= 0.3 is 0 Å². The molecule has 1 aliphatic heterocycles. The number of allylic oxidation sites excluding steroid dienone is 2. The van der Waals surface area contributed by atoms with Gasteiger partial charge in [-0.25, -0.2) is 4.68 Å². The molecule has 5 rings (SSSR count). The molecule has 2 aliphatic rings. The lowest BCUT2D eigenvalue weighted by Crippen LogP contribution is -2.33. The molecule has 1 aromatic carbocycles.